The zero-order valence-corrected chi connectivity index (χ0v) is 13.6. The lowest BCUT2D eigenvalue weighted by Crippen LogP contribution is -2.48. The van der Waals surface area contributed by atoms with Crippen LogP contribution in [0.2, 0.25) is 0 Å². The fourth-order valence-electron chi connectivity index (χ4n) is 5.39. The molecule has 2 aromatic heterocycles. The predicted octanol–water partition coefficient (Wildman–Crippen LogP) is 3.44. The van der Waals surface area contributed by atoms with Gasteiger partial charge in [-0.25, -0.2) is 0 Å². The Morgan fingerprint density at radius 3 is 2.92 bits per heavy atom. The molecule has 0 bridgehead atoms. The summed E-state index contributed by atoms with van der Waals surface area (Å²) in [4.78, 5) is 0. The third-order valence-electron chi connectivity index (χ3n) is 6.67. The molecule has 1 spiro atoms. The first-order valence-electron chi connectivity index (χ1n) is 8.76. The first kappa shape index (κ1) is 14.8. The van der Waals surface area contributed by atoms with Gasteiger partial charge in [-0.15, -0.1) is 0 Å². The SMILES string of the molecule is CC1C(O)c2occ3c2C(CCC3)C12CC(c1ccoc1)OC2O. The van der Waals surface area contributed by atoms with Crippen LogP contribution in [0.5, 0.6) is 0 Å². The highest BCUT2D eigenvalue weighted by atomic mass is 16.6. The van der Waals surface area contributed by atoms with Gasteiger partial charge < -0.3 is 23.8 Å². The molecule has 3 heterocycles. The number of aliphatic hydroxyl groups is 2. The Kier molecular flexibility index (Phi) is 3.06. The van der Waals surface area contributed by atoms with Gasteiger partial charge in [-0.2, -0.15) is 0 Å². The van der Waals surface area contributed by atoms with Crippen LogP contribution < -0.4 is 0 Å². The molecular weight excluding hydrogens is 308 g/mol. The number of fused-ring (bicyclic) bond motifs is 1. The molecule has 2 aromatic rings. The van der Waals surface area contributed by atoms with E-state index in [-0.39, 0.29) is 17.9 Å². The van der Waals surface area contributed by atoms with Crippen LogP contribution in [0.4, 0.5) is 0 Å². The van der Waals surface area contributed by atoms with E-state index in [0.717, 1.165) is 30.4 Å². The van der Waals surface area contributed by atoms with Crippen molar-refractivity contribution in [2.24, 2.45) is 11.3 Å². The minimum absolute atomic E-state index is 0.140. The summed E-state index contributed by atoms with van der Waals surface area (Å²) in [6.07, 6.45) is 7.02. The van der Waals surface area contributed by atoms with Gasteiger partial charge >= 0.3 is 0 Å². The summed E-state index contributed by atoms with van der Waals surface area (Å²) in [7, 11) is 0. The van der Waals surface area contributed by atoms with E-state index in [1.165, 1.54) is 5.56 Å². The molecule has 0 radical (unpaired) electrons. The fourth-order valence-corrected chi connectivity index (χ4v) is 5.39. The van der Waals surface area contributed by atoms with Gasteiger partial charge in [0.1, 0.15) is 11.9 Å². The molecule has 5 nitrogen and oxygen atoms in total. The highest BCUT2D eigenvalue weighted by molar-refractivity contribution is 5.41. The van der Waals surface area contributed by atoms with Crippen LogP contribution in [0.25, 0.3) is 0 Å². The zero-order valence-electron chi connectivity index (χ0n) is 13.6. The first-order chi connectivity index (χ1) is 11.6. The van der Waals surface area contributed by atoms with Crippen LogP contribution in [0.1, 0.15) is 66.8 Å². The molecule has 0 amide bonds. The van der Waals surface area contributed by atoms with Crippen molar-refractivity contribution in [3.05, 3.63) is 47.3 Å². The standard InChI is InChI=1S/C19H22O5/c1-10-16(20)17-15-12(9-23-17)3-2-4-13(15)19(10)7-14(24-18(19)21)11-5-6-22-8-11/h5-6,8-10,13-14,16,18,20-21H,2-4,7H2,1H3. The van der Waals surface area contributed by atoms with Crippen LogP contribution >= 0.6 is 0 Å². The predicted molar refractivity (Wildman–Crippen MR) is 84.1 cm³/mol. The van der Waals surface area contributed by atoms with Crippen molar-refractivity contribution in [1.82, 2.24) is 0 Å². The molecule has 1 saturated heterocycles. The van der Waals surface area contributed by atoms with Crippen molar-refractivity contribution < 1.29 is 23.8 Å². The summed E-state index contributed by atoms with van der Waals surface area (Å²) in [5, 5.41) is 21.8. The topological polar surface area (TPSA) is 76.0 Å². The molecular formula is C19H22O5. The third kappa shape index (κ3) is 1.70. The molecule has 24 heavy (non-hydrogen) atoms. The smallest absolute Gasteiger partial charge is 0.162 e. The minimum atomic E-state index is -0.902. The van der Waals surface area contributed by atoms with Crippen molar-refractivity contribution in [2.75, 3.05) is 0 Å². The van der Waals surface area contributed by atoms with Gasteiger partial charge in [0.15, 0.2) is 6.29 Å². The van der Waals surface area contributed by atoms with E-state index in [9.17, 15) is 10.2 Å². The molecule has 5 rings (SSSR count). The van der Waals surface area contributed by atoms with E-state index in [1.54, 1.807) is 18.8 Å². The van der Waals surface area contributed by atoms with Crippen molar-refractivity contribution in [1.29, 1.82) is 0 Å². The summed E-state index contributed by atoms with van der Waals surface area (Å²) >= 11 is 0. The van der Waals surface area contributed by atoms with Gasteiger partial charge in [0.05, 0.1) is 24.9 Å². The summed E-state index contributed by atoms with van der Waals surface area (Å²) in [6.45, 7) is 2.01. The van der Waals surface area contributed by atoms with Crippen LogP contribution in [-0.4, -0.2) is 16.5 Å². The second-order valence-electron chi connectivity index (χ2n) is 7.57. The number of ether oxygens (including phenoxy) is 1. The third-order valence-corrected chi connectivity index (χ3v) is 6.67. The van der Waals surface area contributed by atoms with Crippen LogP contribution in [0, 0.1) is 11.3 Å². The highest BCUT2D eigenvalue weighted by Gasteiger charge is 2.62. The molecule has 128 valence electrons. The average Bonchev–Trinajstić information content (AvgIpc) is 3.30. The molecule has 0 aromatic carbocycles. The Labute approximate surface area is 140 Å². The molecule has 2 N–H and O–H groups in total. The Morgan fingerprint density at radius 2 is 2.12 bits per heavy atom. The van der Waals surface area contributed by atoms with Crippen molar-refractivity contribution in [2.45, 2.75) is 57.0 Å². The summed E-state index contributed by atoms with van der Waals surface area (Å²) in [5.41, 5.74) is 2.77. The van der Waals surface area contributed by atoms with Gasteiger partial charge in [-0.05, 0) is 43.2 Å². The first-order valence-corrected chi connectivity index (χ1v) is 8.76. The Morgan fingerprint density at radius 1 is 1.25 bits per heavy atom. The average molecular weight is 330 g/mol. The number of hydrogen-bond donors (Lipinski definition) is 2. The van der Waals surface area contributed by atoms with Gasteiger partial charge in [-0.3, -0.25) is 0 Å². The lowest BCUT2D eigenvalue weighted by molar-refractivity contribution is -0.177. The summed E-state index contributed by atoms with van der Waals surface area (Å²) in [6, 6.07) is 1.88. The van der Waals surface area contributed by atoms with Crippen molar-refractivity contribution in [3.8, 4) is 0 Å². The monoisotopic (exact) mass is 330 g/mol. The lowest BCUT2D eigenvalue weighted by atomic mass is 9.54. The minimum Gasteiger partial charge on any atom is -0.472 e. The van der Waals surface area contributed by atoms with E-state index < -0.39 is 17.8 Å². The van der Waals surface area contributed by atoms with Gasteiger partial charge in [0.2, 0.25) is 0 Å². The van der Waals surface area contributed by atoms with Gasteiger partial charge in [0, 0.05) is 22.5 Å². The Balaban J connectivity index is 1.63. The van der Waals surface area contributed by atoms with Crippen molar-refractivity contribution >= 4 is 0 Å². The lowest BCUT2D eigenvalue weighted by Gasteiger charge is -2.50. The molecule has 3 aliphatic rings. The highest BCUT2D eigenvalue weighted by Crippen LogP contribution is 2.65. The second kappa shape index (κ2) is 4.97. The summed E-state index contributed by atoms with van der Waals surface area (Å²) < 4.78 is 16.9. The van der Waals surface area contributed by atoms with Crippen LogP contribution in [0.15, 0.2) is 33.7 Å². The maximum absolute atomic E-state index is 10.9. The second-order valence-corrected chi connectivity index (χ2v) is 7.57. The van der Waals surface area contributed by atoms with Gasteiger partial charge in [-0.1, -0.05) is 6.92 Å². The molecule has 6 unspecified atom stereocenters. The van der Waals surface area contributed by atoms with Crippen LogP contribution in [-0.2, 0) is 11.2 Å². The van der Waals surface area contributed by atoms with Gasteiger partial charge in [0.25, 0.3) is 0 Å². The Hall–Kier alpha value is -1.56. The number of hydrogen-bond acceptors (Lipinski definition) is 5. The zero-order chi connectivity index (χ0) is 16.5. The van der Waals surface area contributed by atoms with E-state index in [4.69, 9.17) is 13.6 Å². The number of furan rings is 2. The fraction of sp³-hybridized carbons (Fsp3) is 0.579. The molecule has 5 heteroatoms. The molecule has 2 aliphatic carbocycles. The van der Waals surface area contributed by atoms with E-state index >= 15 is 0 Å². The molecule has 6 atom stereocenters. The number of aliphatic hydroxyl groups excluding tert-OH is 2. The summed E-state index contributed by atoms with van der Waals surface area (Å²) in [5.74, 6) is 0.728. The number of rotatable bonds is 1. The Bertz CT molecular complexity index is 748. The van der Waals surface area contributed by atoms with E-state index in [2.05, 4.69) is 0 Å². The van der Waals surface area contributed by atoms with E-state index in [0.29, 0.717) is 12.2 Å². The maximum atomic E-state index is 10.9. The molecule has 1 fully saturated rings. The number of aryl methyl sites for hydroxylation is 1. The van der Waals surface area contributed by atoms with E-state index in [1.807, 2.05) is 13.0 Å². The van der Waals surface area contributed by atoms with Crippen LogP contribution in [0.3, 0.4) is 0 Å². The molecule has 0 saturated carbocycles. The van der Waals surface area contributed by atoms with Crippen molar-refractivity contribution in [3.63, 3.8) is 0 Å². The quantitative estimate of drug-likeness (QED) is 0.837. The maximum Gasteiger partial charge on any atom is 0.162 e. The largest absolute Gasteiger partial charge is 0.472 e. The molecule has 1 aliphatic heterocycles. The normalized spacial score (nSPS) is 40.9.